The van der Waals surface area contributed by atoms with Gasteiger partial charge in [-0.2, -0.15) is 0 Å². The SMILES string of the molecule is O=C(O)c1cc([N+](=O)[O-])ccc1[C@@H]1CCCN1. The highest BCUT2D eigenvalue weighted by molar-refractivity contribution is 5.90. The molecule has 1 aliphatic heterocycles. The van der Waals surface area contributed by atoms with E-state index >= 15 is 0 Å². The zero-order valence-corrected chi connectivity index (χ0v) is 9.05. The molecule has 1 aromatic carbocycles. The highest BCUT2D eigenvalue weighted by Crippen LogP contribution is 2.28. The number of carboxylic acid groups (broad SMARTS) is 1. The second-order valence-electron chi connectivity index (χ2n) is 3.98. The second-order valence-corrected chi connectivity index (χ2v) is 3.98. The van der Waals surface area contributed by atoms with Gasteiger partial charge in [0.1, 0.15) is 0 Å². The first kappa shape index (κ1) is 11.5. The van der Waals surface area contributed by atoms with E-state index in [1.54, 1.807) is 0 Å². The Hall–Kier alpha value is -1.95. The van der Waals surface area contributed by atoms with Crippen molar-refractivity contribution >= 4 is 11.7 Å². The Morgan fingerprint density at radius 2 is 2.29 bits per heavy atom. The third kappa shape index (κ3) is 2.26. The standard InChI is InChI=1S/C11H12N2O4/c14-11(15)9-6-7(13(16)17)3-4-8(9)10-2-1-5-12-10/h3-4,6,10,12H,1-2,5H2,(H,14,15)/t10-/m0/s1. The lowest BCUT2D eigenvalue weighted by Gasteiger charge is -2.13. The van der Waals surface area contributed by atoms with Crippen LogP contribution in [0.4, 0.5) is 5.69 Å². The van der Waals surface area contributed by atoms with Crippen LogP contribution < -0.4 is 5.32 Å². The quantitative estimate of drug-likeness (QED) is 0.615. The van der Waals surface area contributed by atoms with Crippen LogP contribution in [0.3, 0.4) is 0 Å². The second kappa shape index (κ2) is 4.50. The number of nitro groups is 1. The summed E-state index contributed by atoms with van der Waals surface area (Å²) in [6.45, 7) is 0.848. The first-order chi connectivity index (χ1) is 8.09. The molecule has 1 fully saturated rings. The van der Waals surface area contributed by atoms with E-state index in [4.69, 9.17) is 5.11 Å². The molecule has 1 saturated heterocycles. The highest BCUT2D eigenvalue weighted by Gasteiger charge is 2.23. The molecule has 2 N–H and O–H groups in total. The Morgan fingerprint density at radius 1 is 1.53 bits per heavy atom. The molecule has 0 saturated carbocycles. The van der Waals surface area contributed by atoms with Gasteiger partial charge in [0.15, 0.2) is 0 Å². The Morgan fingerprint density at radius 3 is 2.82 bits per heavy atom. The van der Waals surface area contributed by atoms with Crippen molar-refractivity contribution in [3.05, 3.63) is 39.4 Å². The summed E-state index contributed by atoms with van der Waals surface area (Å²) in [5, 5.41) is 22.9. The molecule has 0 aromatic heterocycles. The largest absolute Gasteiger partial charge is 0.478 e. The maximum absolute atomic E-state index is 11.1. The van der Waals surface area contributed by atoms with Crippen molar-refractivity contribution in [2.75, 3.05) is 6.54 Å². The zero-order valence-electron chi connectivity index (χ0n) is 9.05. The molecule has 0 amide bonds. The minimum atomic E-state index is -1.13. The van der Waals surface area contributed by atoms with Gasteiger partial charge in [0, 0.05) is 18.2 Å². The summed E-state index contributed by atoms with van der Waals surface area (Å²) in [6.07, 6.45) is 1.85. The lowest BCUT2D eigenvalue weighted by molar-refractivity contribution is -0.384. The topological polar surface area (TPSA) is 92.5 Å². The molecule has 1 heterocycles. The van der Waals surface area contributed by atoms with E-state index in [9.17, 15) is 14.9 Å². The van der Waals surface area contributed by atoms with Crippen molar-refractivity contribution < 1.29 is 14.8 Å². The van der Waals surface area contributed by atoms with Gasteiger partial charge in [0.25, 0.3) is 5.69 Å². The molecule has 0 aliphatic carbocycles. The number of rotatable bonds is 3. The van der Waals surface area contributed by atoms with Gasteiger partial charge in [-0.1, -0.05) is 0 Å². The Kier molecular flexibility index (Phi) is 3.06. The Balaban J connectivity index is 2.44. The normalized spacial score (nSPS) is 19.2. The van der Waals surface area contributed by atoms with Crippen LogP contribution in [0, 0.1) is 10.1 Å². The summed E-state index contributed by atoms with van der Waals surface area (Å²) in [5.74, 6) is -1.13. The molecule has 0 unspecified atom stereocenters. The van der Waals surface area contributed by atoms with Gasteiger partial charge >= 0.3 is 5.97 Å². The third-order valence-electron chi connectivity index (χ3n) is 2.91. The van der Waals surface area contributed by atoms with Crippen molar-refractivity contribution in [3.8, 4) is 0 Å². The Labute approximate surface area is 97.4 Å². The molecule has 1 aromatic rings. The number of aromatic carboxylic acids is 1. The summed E-state index contributed by atoms with van der Waals surface area (Å²) in [7, 11) is 0. The minimum absolute atomic E-state index is 0.0121. The molecule has 17 heavy (non-hydrogen) atoms. The fourth-order valence-electron chi connectivity index (χ4n) is 2.10. The molecule has 0 bridgehead atoms. The number of benzene rings is 1. The van der Waals surface area contributed by atoms with E-state index in [2.05, 4.69) is 5.32 Å². The first-order valence-corrected chi connectivity index (χ1v) is 5.34. The number of hydrogen-bond donors (Lipinski definition) is 2. The van der Waals surface area contributed by atoms with Crippen molar-refractivity contribution in [1.82, 2.24) is 5.32 Å². The Bertz CT molecular complexity index is 467. The summed E-state index contributed by atoms with van der Waals surface area (Å²) in [5.41, 5.74) is 0.448. The van der Waals surface area contributed by atoms with Gasteiger partial charge in [-0.25, -0.2) is 4.79 Å². The van der Waals surface area contributed by atoms with E-state index in [1.165, 1.54) is 12.1 Å². The van der Waals surface area contributed by atoms with Crippen molar-refractivity contribution in [1.29, 1.82) is 0 Å². The predicted molar refractivity (Wildman–Crippen MR) is 60.0 cm³/mol. The summed E-state index contributed by atoms with van der Waals surface area (Å²) >= 11 is 0. The monoisotopic (exact) mass is 236 g/mol. The average molecular weight is 236 g/mol. The number of carbonyl (C=O) groups is 1. The van der Waals surface area contributed by atoms with Gasteiger partial charge in [0.05, 0.1) is 10.5 Å². The van der Waals surface area contributed by atoms with Crippen LogP contribution in [-0.2, 0) is 0 Å². The predicted octanol–water partition coefficient (Wildman–Crippen LogP) is 1.72. The molecule has 6 nitrogen and oxygen atoms in total. The molecular formula is C11H12N2O4. The number of nitro benzene ring substituents is 1. The number of hydrogen-bond acceptors (Lipinski definition) is 4. The number of nitrogens with zero attached hydrogens (tertiary/aromatic N) is 1. The van der Waals surface area contributed by atoms with Crippen LogP contribution in [0.1, 0.15) is 34.8 Å². The molecule has 1 aliphatic rings. The van der Waals surface area contributed by atoms with Gasteiger partial charge < -0.3 is 10.4 Å². The molecule has 0 radical (unpaired) electrons. The van der Waals surface area contributed by atoms with Gasteiger partial charge in [0.2, 0.25) is 0 Å². The van der Waals surface area contributed by atoms with Gasteiger partial charge in [-0.3, -0.25) is 10.1 Å². The maximum atomic E-state index is 11.1. The highest BCUT2D eigenvalue weighted by atomic mass is 16.6. The van der Waals surface area contributed by atoms with E-state index in [0.717, 1.165) is 25.5 Å². The van der Waals surface area contributed by atoms with E-state index in [1.807, 2.05) is 0 Å². The number of non-ortho nitro benzene ring substituents is 1. The van der Waals surface area contributed by atoms with Gasteiger partial charge in [-0.15, -0.1) is 0 Å². The molecule has 2 rings (SSSR count). The lowest BCUT2D eigenvalue weighted by atomic mass is 9.98. The van der Waals surface area contributed by atoms with Gasteiger partial charge in [-0.05, 0) is 31.0 Å². The van der Waals surface area contributed by atoms with Crippen LogP contribution >= 0.6 is 0 Å². The summed E-state index contributed by atoms with van der Waals surface area (Å²) in [6, 6.07) is 3.99. The van der Waals surface area contributed by atoms with Crippen molar-refractivity contribution in [3.63, 3.8) is 0 Å². The molecule has 1 atom stereocenters. The zero-order chi connectivity index (χ0) is 12.4. The smallest absolute Gasteiger partial charge is 0.336 e. The fraction of sp³-hybridized carbons (Fsp3) is 0.364. The number of nitrogens with one attached hydrogen (secondary N) is 1. The molecular weight excluding hydrogens is 224 g/mol. The van der Waals surface area contributed by atoms with Crippen molar-refractivity contribution in [2.24, 2.45) is 0 Å². The lowest BCUT2D eigenvalue weighted by Crippen LogP contribution is -2.16. The number of carboxylic acids is 1. The van der Waals surface area contributed by atoms with E-state index in [0.29, 0.717) is 5.56 Å². The average Bonchev–Trinajstić information content (AvgIpc) is 2.81. The fourth-order valence-corrected chi connectivity index (χ4v) is 2.10. The van der Waals surface area contributed by atoms with Crippen LogP contribution in [-0.4, -0.2) is 22.5 Å². The molecule has 90 valence electrons. The van der Waals surface area contributed by atoms with Crippen LogP contribution in [0.25, 0.3) is 0 Å². The summed E-state index contributed by atoms with van der Waals surface area (Å²) in [4.78, 5) is 21.1. The van der Waals surface area contributed by atoms with Crippen LogP contribution in [0.5, 0.6) is 0 Å². The third-order valence-corrected chi connectivity index (χ3v) is 2.91. The minimum Gasteiger partial charge on any atom is -0.478 e. The van der Waals surface area contributed by atoms with Crippen LogP contribution in [0.15, 0.2) is 18.2 Å². The van der Waals surface area contributed by atoms with E-state index in [-0.39, 0.29) is 17.3 Å². The maximum Gasteiger partial charge on any atom is 0.336 e. The van der Waals surface area contributed by atoms with Crippen LogP contribution in [0.2, 0.25) is 0 Å². The van der Waals surface area contributed by atoms with Crippen molar-refractivity contribution in [2.45, 2.75) is 18.9 Å². The van der Waals surface area contributed by atoms with E-state index < -0.39 is 10.9 Å². The molecule has 0 spiro atoms. The first-order valence-electron chi connectivity index (χ1n) is 5.34. The molecule has 6 heteroatoms. The summed E-state index contributed by atoms with van der Waals surface area (Å²) < 4.78 is 0.